The number of benzene rings is 2. The van der Waals surface area contributed by atoms with E-state index in [2.05, 4.69) is 5.43 Å². The number of ether oxygens (including phenoxy) is 1. The van der Waals surface area contributed by atoms with Crippen molar-refractivity contribution < 1.29 is 9.13 Å². The van der Waals surface area contributed by atoms with E-state index in [1.165, 1.54) is 12.1 Å². The molecular weight excluding hydrogens is 267 g/mol. The Morgan fingerprint density at radius 2 is 1.90 bits per heavy atom. The van der Waals surface area contributed by atoms with Crippen molar-refractivity contribution in [3.05, 3.63) is 65.0 Å². The molecule has 0 aromatic heterocycles. The molecule has 21 heavy (non-hydrogen) atoms. The fraction of sp³-hybridized carbons (Fsp3) is 0.294. The molecule has 0 bridgehead atoms. The summed E-state index contributed by atoms with van der Waals surface area (Å²) in [6.07, 6.45) is 2.67. The van der Waals surface area contributed by atoms with Crippen molar-refractivity contribution in [2.45, 2.75) is 31.9 Å². The van der Waals surface area contributed by atoms with Crippen LogP contribution in [0.25, 0.3) is 0 Å². The van der Waals surface area contributed by atoms with Gasteiger partial charge < -0.3 is 4.74 Å². The van der Waals surface area contributed by atoms with Gasteiger partial charge in [-0.25, -0.2) is 9.82 Å². The standard InChI is InChI=1S/C17H19FN2O/c1-11-10-13(18)4-9-16(11)17(20-19)12-2-5-14(6-3-12)21-15-7-8-15/h2-6,9-10,15,17,20H,7-8,19H2,1H3. The second-order valence-electron chi connectivity index (χ2n) is 5.49. The van der Waals surface area contributed by atoms with Crippen LogP contribution in [-0.2, 0) is 0 Å². The van der Waals surface area contributed by atoms with Gasteiger partial charge >= 0.3 is 0 Å². The van der Waals surface area contributed by atoms with Gasteiger partial charge in [-0.05, 0) is 60.7 Å². The molecule has 4 heteroatoms. The molecule has 0 radical (unpaired) electrons. The largest absolute Gasteiger partial charge is 0.490 e. The van der Waals surface area contributed by atoms with Gasteiger partial charge in [0.2, 0.25) is 0 Å². The Morgan fingerprint density at radius 3 is 2.48 bits per heavy atom. The third kappa shape index (κ3) is 3.23. The first-order valence-corrected chi connectivity index (χ1v) is 7.16. The van der Waals surface area contributed by atoms with Crippen molar-refractivity contribution in [2.75, 3.05) is 0 Å². The van der Waals surface area contributed by atoms with Gasteiger partial charge in [-0.2, -0.15) is 0 Å². The number of hydrogen-bond donors (Lipinski definition) is 2. The van der Waals surface area contributed by atoms with Gasteiger partial charge in [0.05, 0.1) is 12.1 Å². The molecular formula is C17H19FN2O. The predicted octanol–water partition coefficient (Wildman–Crippen LogP) is 3.23. The first-order chi connectivity index (χ1) is 10.2. The second kappa shape index (κ2) is 5.84. The fourth-order valence-corrected chi connectivity index (χ4v) is 2.45. The van der Waals surface area contributed by atoms with E-state index in [1.54, 1.807) is 6.07 Å². The molecule has 3 N–H and O–H groups in total. The van der Waals surface area contributed by atoms with Gasteiger partial charge in [0, 0.05) is 0 Å². The van der Waals surface area contributed by atoms with E-state index >= 15 is 0 Å². The first-order valence-electron chi connectivity index (χ1n) is 7.16. The van der Waals surface area contributed by atoms with Crippen molar-refractivity contribution >= 4 is 0 Å². The summed E-state index contributed by atoms with van der Waals surface area (Å²) in [5.41, 5.74) is 5.67. The highest BCUT2D eigenvalue weighted by molar-refractivity contribution is 5.39. The average Bonchev–Trinajstić information content (AvgIpc) is 3.27. The molecule has 3 nitrogen and oxygen atoms in total. The van der Waals surface area contributed by atoms with Crippen LogP contribution in [0, 0.1) is 12.7 Å². The Balaban J connectivity index is 1.84. The van der Waals surface area contributed by atoms with Crippen molar-refractivity contribution in [1.29, 1.82) is 0 Å². The number of nitrogens with one attached hydrogen (secondary N) is 1. The monoisotopic (exact) mass is 286 g/mol. The van der Waals surface area contributed by atoms with Crippen molar-refractivity contribution in [1.82, 2.24) is 5.43 Å². The molecule has 1 aliphatic carbocycles. The summed E-state index contributed by atoms with van der Waals surface area (Å²) in [4.78, 5) is 0. The van der Waals surface area contributed by atoms with Crippen molar-refractivity contribution in [2.24, 2.45) is 5.84 Å². The van der Waals surface area contributed by atoms with Crippen LogP contribution >= 0.6 is 0 Å². The maximum atomic E-state index is 13.2. The van der Waals surface area contributed by atoms with Gasteiger partial charge in [-0.15, -0.1) is 0 Å². The van der Waals surface area contributed by atoms with Crippen LogP contribution in [0.5, 0.6) is 5.75 Å². The minimum absolute atomic E-state index is 0.166. The van der Waals surface area contributed by atoms with Crippen LogP contribution < -0.4 is 16.0 Å². The number of hydrazine groups is 1. The number of halogens is 1. The molecule has 0 saturated heterocycles. The Kier molecular flexibility index (Phi) is 3.90. The van der Waals surface area contributed by atoms with Crippen LogP contribution in [0.4, 0.5) is 4.39 Å². The molecule has 1 aliphatic rings. The van der Waals surface area contributed by atoms with E-state index in [0.29, 0.717) is 6.10 Å². The van der Waals surface area contributed by atoms with Gasteiger partial charge in [-0.3, -0.25) is 5.84 Å². The molecule has 0 spiro atoms. The number of rotatable bonds is 5. The Morgan fingerprint density at radius 1 is 1.19 bits per heavy atom. The minimum atomic E-state index is -0.236. The third-order valence-corrected chi connectivity index (χ3v) is 3.75. The smallest absolute Gasteiger partial charge is 0.123 e. The lowest BCUT2D eigenvalue weighted by molar-refractivity contribution is 0.303. The van der Waals surface area contributed by atoms with E-state index in [1.807, 2.05) is 31.2 Å². The topological polar surface area (TPSA) is 47.3 Å². The van der Waals surface area contributed by atoms with Crippen LogP contribution in [0.2, 0.25) is 0 Å². The first kappa shape index (κ1) is 14.0. The summed E-state index contributed by atoms with van der Waals surface area (Å²) in [5, 5.41) is 0. The van der Waals surface area contributed by atoms with Gasteiger partial charge in [0.15, 0.2) is 0 Å². The van der Waals surface area contributed by atoms with Crippen molar-refractivity contribution in [3.63, 3.8) is 0 Å². The zero-order chi connectivity index (χ0) is 14.8. The van der Waals surface area contributed by atoms with E-state index < -0.39 is 0 Å². The molecule has 3 rings (SSSR count). The Labute approximate surface area is 123 Å². The second-order valence-corrected chi connectivity index (χ2v) is 5.49. The Hall–Kier alpha value is -1.91. The molecule has 110 valence electrons. The molecule has 0 amide bonds. The number of aryl methyl sites for hydroxylation is 1. The van der Waals surface area contributed by atoms with Crippen LogP contribution in [0.3, 0.4) is 0 Å². The van der Waals surface area contributed by atoms with E-state index in [0.717, 1.165) is 35.3 Å². The molecule has 1 unspecified atom stereocenters. The lowest BCUT2D eigenvalue weighted by Gasteiger charge is -2.19. The average molecular weight is 286 g/mol. The van der Waals surface area contributed by atoms with Gasteiger partial charge in [0.1, 0.15) is 11.6 Å². The molecule has 2 aromatic rings. The molecule has 0 aliphatic heterocycles. The summed E-state index contributed by atoms with van der Waals surface area (Å²) in [6.45, 7) is 1.88. The summed E-state index contributed by atoms with van der Waals surface area (Å²) in [7, 11) is 0. The predicted molar refractivity (Wildman–Crippen MR) is 80.4 cm³/mol. The molecule has 0 heterocycles. The minimum Gasteiger partial charge on any atom is -0.490 e. The third-order valence-electron chi connectivity index (χ3n) is 3.75. The lowest BCUT2D eigenvalue weighted by Crippen LogP contribution is -2.29. The molecule has 1 fully saturated rings. The quantitative estimate of drug-likeness (QED) is 0.655. The number of hydrogen-bond acceptors (Lipinski definition) is 3. The van der Waals surface area contributed by atoms with Gasteiger partial charge in [-0.1, -0.05) is 18.2 Å². The van der Waals surface area contributed by atoms with Crippen molar-refractivity contribution in [3.8, 4) is 5.75 Å². The van der Waals surface area contributed by atoms with E-state index in [4.69, 9.17) is 10.6 Å². The Bertz CT molecular complexity index is 623. The lowest BCUT2D eigenvalue weighted by atomic mass is 9.95. The SMILES string of the molecule is Cc1cc(F)ccc1C(NN)c1ccc(OC2CC2)cc1. The maximum absolute atomic E-state index is 13.2. The highest BCUT2D eigenvalue weighted by atomic mass is 19.1. The zero-order valence-electron chi connectivity index (χ0n) is 12.0. The molecule has 2 aromatic carbocycles. The van der Waals surface area contributed by atoms with Crippen LogP contribution in [0.15, 0.2) is 42.5 Å². The highest BCUT2D eigenvalue weighted by Crippen LogP contribution is 2.29. The molecule has 1 saturated carbocycles. The summed E-state index contributed by atoms with van der Waals surface area (Å²) in [6, 6.07) is 12.5. The number of nitrogens with two attached hydrogens (primary N) is 1. The maximum Gasteiger partial charge on any atom is 0.123 e. The molecule has 1 atom stereocenters. The zero-order valence-corrected chi connectivity index (χ0v) is 12.0. The van der Waals surface area contributed by atoms with Gasteiger partial charge in [0.25, 0.3) is 0 Å². The summed E-state index contributed by atoms with van der Waals surface area (Å²) >= 11 is 0. The fourth-order valence-electron chi connectivity index (χ4n) is 2.45. The van der Waals surface area contributed by atoms with Crippen LogP contribution in [0.1, 0.15) is 35.6 Å². The normalized spacial score (nSPS) is 15.8. The highest BCUT2D eigenvalue weighted by Gasteiger charge is 2.23. The summed E-state index contributed by atoms with van der Waals surface area (Å²) < 4.78 is 19.0. The summed E-state index contributed by atoms with van der Waals surface area (Å²) in [5.74, 6) is 6.34. The van der Waals surface area contributed by atoms with E-state index in [-0.39, 0.29) is 11.9 Å². The van der Waals surface area contributed by atoms with Crippen LogP contribution in [-0.4, -0.2) is 6.10 Å². The van der Waals surface area contributed by atoms with E-state index in [9.17, 15) is 4.39 Å².